The van der Waals surface area contributed by atoms with E-state index in [0.717, 1.165) is 30.8 Å². The van der Waals surface area contributed by atoms with E-state index in [1.807, 2.05) is 61.5 Å². The molecule has 8 nitrogen and oxygen atoms in total. The Balaban J connectivity index is 0.000000454. The standard InChI is InChI=1S/C23H25N5O.C2HF3O2/c1-17(18-11-14-27(2)15-12-18)25-23(29)20-16-21(19-8-4-3-5-9-19)28(26-20)22-10-6-7-13-24-22;3-2(4,5)1(6)7/h3-11,13,16-17H,12,14-15H2,1-2H3,(H,25,29);(H,6,7). The number of benzene rings is 1. The monoisotopic (exact) mass is 501 g/mol. The second kappa shape index (κ2) is 11.6. The van der Waals surface area contributed by atoms with Crippen LogP contribution in [0.4, 0.5) is 13.2 Å². The lowest BCUT2D eigenvalue weighted by Crippen LogP contribution is -2.37. The summed E-state index contributed by atoms with van der Waals surface area (Å²) in [6.45, 7) is 3.96. The van der Waals surface area contributed by atoms with Gasteiger partial charge in [-0.15, -0.1) is 0 Å². The normalized spacial score (nSPS) is 14.8. The number of aliphatic carboxylic acids is 1. The molecule has 1 amide bonds. The number of carboxylic acid groups (broad SMARTS) is 1. The molecule has 4 rings (SSSR count). The number of likely N-dealkylation sites (N-methyl/N-ethyl adjacent to an activating group) is 1. The van der Waals surface area contributed by atoms with Crippen LogP contribution in [0, 0.1) is 0 Å². The number of hydrogen-bond acceptors (Lipinski definition) is 5. The average Bonchev–Trinajstić information content (AvgIpc) is 3.31. The molecular weight excluding hydrogens is 475 g/mol. The summed E-state index contributed by atoms with van der Waals surface area (Å²) in [5.74, 6) is -2.26. The smallest absolute Gasteiger partial charge is 0.475 e. The Morgan fingerprint density at radius 1 is 1.11 bits per heavy atom. The van der Waals surface area contributed by atoms with E-state index in [2.05, 4.69) is 33.4 Å². The van der Waals surface area contributed by atoms with Gasteiger partial charge in [-0.25, -0.2) is 14.5 Å². The number of amides is 1. The zero-order valence-corrected chi connectivity index (χ0v) is 19.7. The molecule has 1 unspecified atom stereocenters. The second-order valence-corrected chi connectivity index (χ2v) is 8.17. The van der Waals surface area contributed by atoms with E-state index >= 15 is 0 Å². The van der Waals surface area contributed by atoms with Crippen LogP contribution in [-0.2, 0) is 4.79 Å². The predicted molar refractivity (Wildman–Crippen MR) is 128 cm³/mol. The zero-order chi connectivity index (χ0) is 26.3. The Hall–Kier alpha value is -3.99. The number of alkyl halides is 3. The van der Waals surface area contributed by atoms with Crippen molar-refractivity contribution in [3.05, 3.63) is 78.1 Å². The van der Waals surface area contributed by atoms with Crippen molar-refractivity contribution in [2.45, 2.75) is 25.6 Å². The number of carboxylic acids is 1. The fourth-order valence-electron chi connectivity index (χ4n) is 3.50. The van der Waals surface area contributed by atoms with Gasteiger partial charge < -0.3 is 15.3 Å². The lowest BCUT2D eigenvalue weighted by atomic mass is 10.0. The van der Waals surface area contributed by atoms with E-state index in [9.17, 15) is 18.0 Å². The van der Waals surface area contributed by atoms with Gasteiger partial charge in [0.2, 0.25) is 0 Å². The van der Waals surface area contributed by atoms with Crippen molar-refractivity contribution >= 4 is 11.9 Å². The van der Waals surface area contributed by atoms with Crippen LogP contribution in [0.1, 0.15) is 23.8 Å². The summed E-state index contributed by atoms with van der Waals surface area (Å²) in [6.07, 6.45) is -0.188. The molecule has 0 radical (unpaired) electrons. The summed E-state index contributed by atoms with van der Waals surface area (Å²) in [5.41, 5.74) is 3.47. The largest absolute Gasteiger partial charge is 0.490 e. The fourth-order valence-corrected chi connectivity index (χ4v) is 3.50. The number of pyridine rings is 1. The average molecular weight is 502 g/mol. The van der Waals surface area contributed by atoms with Crippen molar-refractivity contribution in [2.75, 3.05) is 20.1 Å². The summed E-state index contributed by atoms with van der Waals surface area (Å²) in [6, 6.07) is 17.4. The van der Waals surface area contributed by atoms with Gasteiger partial charge in [-0.2, -0.15) is 18.3 Å². The Labute approximate surface area is 206 Å². The highest BCUT2D eigenvalue weighted by molar-refractivity contribution is 5.94. The molecule has 2 aromatic heterocycles. The molecule has 2 N–H and O–H groups in total. The van der Waals surface area contributed by atoms with Crippen LogP contribution in [0.15, 0.2) is 72.4 Å². The third-order valence-electron chi connectivity index (χ3n) is 5.47. The Bertz CT molecular complexity index is 1150. The molecule has 1 aliphatic heterocycles. The van der Waals surface area contributed by atoms with Crippen LogP contribution in [0.3, 0.4) is 0 Å². The molecular formula is C25H26F3N5O3. The quantitative estimate of drug-likeness (QED) is 0.514. The highest BCUT2D eigenvalue weighted by Crippen LogP contribution is 2.23. The predicted octanol–water partition coefficient (Wildman–Crippen LogP) is 3.95. The first-order chi connectivity index (χ1) is 17.1. The van der Waals surface area contributed by atoms with Crippen molar-refractivity contribution in [1.82, 2.24) is 25.0 Å². The van der Waals surface area contributed by atoms with Crippen LogP contribution in [0.5, 0.6) is 0 Å². The number of carbonyl (C=O) groups is 2. The van der Waals surface area contributed by atoms with Crippen LogP contribution in [-0.4, -0.2) is 69.0 Å². The van der Waals surface area contributed by atoms with E-state index < -0.39 is 12.1 Å². The topological polar surface area (TPSA) is 100 Å². The van der Waals surface area contributed by atoms with Crippen molar-refractivity contribution in [3.8, 4) is 17.1 Å². The number of halogens is 3. The van der Waals surface area contributed by atoms with E-state index in [0.29, 0.717) is 11.5 Å². The molecule has 0 aliphatic carbocycles. The summed E-state index contributed by atoms with van der Waals surface area (Å²) in [7, 11) is 2.10. The van der Waals surface area contributed by atoms with Crippen LogP contribution >= 0.6 is 0 Å². The molecule has 190 valence electrons. The molecule has 0 fully saturated rings. The molecule has 36 heavy (non-hydrogen) atoms. The number of nitrogens with one attached hydrogen (secondary N) is 1. The molecule has 0 bridgehead atoms. The minimum absolute atomic E-state index is 0.0172. The van der Waals surface area contributed by atoms with Gasteiger partial charge in [0.05, 0.1) is 5.69 Å². The molecule has 1 atom stereocenters. The maximum absolute atomic E-state index is 12.9. The molecule has 3 aromatic rings. The molecule has 1 aromatic carbocycles. The number of hydrogen-bond donors (Lipinski definition) is 2. The van der Waals surface area contributed by atoms with Gasteiger partial charge in [0.1, 0.15) is 0 Å². The van der Waals surface area contributed by atoms with Crippen LogP contribution in [0.25, 0.3) is 17.1 Å². The van der Waals surface area contributed by atoms with Gasteiger partial charge in [-0.05, 0) is 44.2 Å². The summed E-state index contributed by atoms with van der Waals surface area (Å²) >= 11 is 0. The molecule has 1 aliphatic rings. The number of aromatic nitrogens is 3. The Morgan fingerprint density at radius 3 is 2.33 bits per heavy atom. The van der Waals surface area contributed by atoms with Crippen molar-refractivity contribution in [3.63, 3.8) is 0 Å². The Morgan fingerprint density at radius 2 is 1.78 bits per heavy atom. The van der Waals surface area contributed by atoms with E-state index in [1.165, 1.54) is 5.57 Å². The minimum Gasteiger partial charge on any atom is -0.475 e. The van der Waals surface area contributed by atoms with Crippen LogP contribution < -0.4 is 5.32 Å². The van der Waals surface area contributed by atoms with Crippen LogP contribution in [0.2, 0.25) is 0 Å². The third kappa shape index (κ3) is 7.01. The second-order valence-electron chi connectivity index (χ2n) is 8.17. The first-order valence-corrected chi connectivity index (χ1v) is 11.1. The maximum Gasteiger partial charge on any atom is 0.490 e. The summed E-state index contributed by atoms with van der Waals surface area (Å²) < 4.78 is 33.5. The molecule has 0 saturated heterocycles. The first kappa shape index (κ1) is 26.6. The highest BCUT2D eigenvalue weighted by Gasteiger charge is 2.38. The van der Waals surface area contributed by atoms with E-state index in [-0.39, 0.29) is 11.9 Å². The van der Waals surface area contributed by atoms with Gasteiger partial charge in [-0.3, -0.25) is 4.79 Å². The third-order valence-corrected chi connectivity index (χ3v) is 5.47. The van der Waals surface area contributed by atoms with Gasteiger partial charge >= 0.3 is 12.1 Å². The first-order valence-electron chi connectivity index (χ1n) is 11.1. The maximum atomic E-state index is 12.9. The molecule has 3 heterocycles. The number of nitrogens with zero attached hydrogens (tertiary/aromatic N) is 4. The van der Waals surface area contributed by atoms with Crippen molar-refractivity contribution < 1.29 is 27.9 Å². The molecule has 0 spiro atoms. The lowest BCUT2D eigenvalue weighted by molar-refractivity contribution is -0.192. The lowest BCUT2D eigenvalue weighted by Gasteiger charge is -2.25. The highest BCUT2D eigenvalue weighted by atomic mass is 19.4. The van der Waals surface area contributed by atoms with Gasteiger partial charge in [0, 0.05) is 30.9 Å². The summed E-state index contributed by atoms with van der Waals surface area (Å²) in [5, 5.41) is 14.8. The fraction of sp³-hybridized carbons (Fsp3) is 0.280. The minimum atomic E-state index is -5.08. The molecule has 11 heteroatoms. The zero-order valence-electron chi connectivity index (χ0n) is 19.7. The van der Waals surface area contributed by atoms with Crippen molar-refractivity contribution in [1.29, 1.82) is 0 Å². The van der Waals surface area contributed by atoms with E-state index in [1.54, 1.807) is 10.9 Å². The van der Waals surface area contributed by atoms with Gasteiger partial charge in [0.25, 0.3) is 5.91 Å². The van der Waals surface area contributed by atoms with Gasteiger partial charge in [-0.1, -0.05) is 42.5 Å². The van der Waals surface area contributed by atoms with Gasteiger partial charge in [0.15, 0.2) is 11.5 Å². The number of carbonyl (C=O) groups excluding carboxylic acids is 1. The summed E-state index contributed by atoms with van der Waals surface area (Å²) in [4.78, 5) is 28.5. The number of rotatable bonds is 5. The van der Waals surface area contributed by atoms with E-state index in [4.69, 9.17) is 9.90 Å². The Kier molecular flexibility index (Phi) is 8.59. The SMILES string of the molecule is CC(NC(=O)c1cc(-c2ccccc2)n(-c2ccccn2)n1)C1=CCN(C)CC1.O=C(O)C(F)(F)F. The molecule has 0 saturated carbocycles. The van der Waals surface area contributed by atoms with Crippen molar-refractivity contribution in [2.24, 2.45) is 0 Å².